The van der Waals surface area contributed by atoms with Crippen LogP contribution in [-0.2, 0) is 29.1 Å². The van der Waals surface area contributed by atoms with E-state index >= 15 is 0 Å². The topological polar surface area (TPSA) is 75.4 Å². The Hall–Kier alpha value is -2.15. The summed E-state index contributed by atoms with van der Waals surface area (Å²) >= 11 is 1.53. The lowest BCUT2D eigenvalue weighted by Crippen LogP contribution is -2.42. The van der Waals surface area contributed by atoms with E-state index in [4.69, 9.17) is 0 Å². The Morgan fingerprint density at radius 2 is 2.32 bits per heavy atom. The number of aromatic nitrogens is 2. The highest BCUT2D eigenvalue weighted by Gasteiger charge is 2.35. The summed E-state index contributed by atoms with van der Waals surface area (Å²) in [4.78, 5) is 30.9. The second-order valence-electron chi connectivity index (χ2n) is 5.28. The van der Waals surface area contributed by atoms with Gasteiger partial charge in [0.25, 0.3) is 0 Å². The molecule has 0 radical (unpaired) electrons. The normalized spacial score (nSPS) is 17.3. The summed E-state index contributed by atoms with van der Waals surface area (Å²) in [5.74, 6) is -1.67. The summed E-state index contributed by atoms with van der Waals surface area (Å²) in [5, 5.41) is 11.4. The van der Waals surface area contributed by atoms with Crippen molar-refractivity contribution in [2.75, 3.05) is 6.54 Å². The van der Waals surface area contributed by atoms with Gasteiger partial charge in [0, 0.05) is 18.0 Å². The number of carboxylic acids is 1. The van der Waals surface area contributed by atoms with Crippen molar-refractivity contribution in [1.82, 2.24) is 14.5 Å². The van der Waals surface area contributed by atoms with Crippen molar-refractivity contribution in [2.45, 2.75) is 32.4 Å². The van der Waals surface area contributed by atoms with E-state index < -0.39 is 11.9 Å². The van der Waals surface area contributed by atoms with Crippen molar-refractivity contribution < 1.29 is 14.7 Å². The molecule has 1 atom stereocenters. The zero-order valence-electron chi connectivity index (χ0n) is 12.2. The average Bonchev–Trinajstić information content (AvgIpc) is 3.14. The SMILES string of the molecule is CCn1cnc2c1C(C(=O)O)CN(C(=O)Cc1cccs1)C2. The summed E-state index contributed by atoms with van der Waals surface area (Å²) in [7, 11) is 0. The maximum Gasteiger partial charge on any atom is 0.314 e. The molecular weight excluding hydrogens is 302 g/mol. The molecule has 0 aromatic carbocycles. The number of carbonyl (C=O) groups excluding carboxylic acids is 1. The monoisotopic (exact) mass is 319 g/mol. The highest BCUT2D eigenvalue weighted by Crippen LogP contribution is 2.28. The molecule has 0 aliphatic carbocycles. The molecule has 1 aliphatic rings. The maximum atomic E-state index is 12.4. The molecule has 0 bridgehead atoms. The van der Waals surface area contributed by atoms with Crippen molar-refractivity contribution in [3.63, 3.8) is 0 Å². The zero-order chi connectivity index (χ0) is 15.7. The highest BCUT2D eigenvalue weighted by molar-refractivity contribution is 7.10. The number of rotatable bonds is 4. The van der Waals surface area contributed by atoms with E-state index in [0.717, 1.165) is 10.6 Å². The van der Waals surface area contributed by atoms with Crippen LogP contribution in [0.1, 0.15) is 29.1 Å². The van der Waals surface area contributed by atoms with Gasteiger partial charge in [-0.1, -0.05) is 6.07 Å². The first kappa shape index (κ1) is 14.8. The van der Waals surface area contributed by atoms with Gasteiger partial charge in [0.05, 0.1) is 30.7 Å². The number of amides is 1. The van der Waals surface area contributed by atoms with E-state index in [-0.39, 0.29) is 12.5 Å². The van der Waals surface area contributed by atoms with Crippen LogP contribution >= 0.6 is 11.3 Å². The second-order valence-corrected chi connectivity index (χ2v) is 6.32. The third-order valence-corrected chi connectivity index (χ3v) is 4.81. The third-order valence-electron chi connectivity index (χ3n) is 3.93. The van der Waals surface area contributed by atoms with E-state index in [9.17, 15) is 14.7 Å². The molecule has 3 heterocycles. The first-order valence-electron chi connectivity index (χ1n) is 7.17. The number of hydrogen-bond acceptors (Lipinski definition) is 4. The van der Waals surface area contributed by atoms with Crippen LogP contribution < -0.4 is 0 Å². The number of carboxylic acid groups (broad SMARTS) is 1. The highest BCUT2D eigenvalue weighted by atomic mass is 32.1. The quantitative estimate of drug-likeness (QED) is 0.931. The fourth-order valence-electron chi connectivity index (χ4n) is 2.82. The Balaban J connectivity index is 1.84. The zero-order valence-corrected chi connectivity index (χ0v) is 13.0. The Bertz CT molecular complexity index is 693. The van der Waals surface area contributed by atoms with Gasteiger partial charge in [-0.3, -0.25) is 9.59 Å². The van der Waals surface area contributed by atoms with Gasteiger partial charge in [-0.25, -0.2) is 4.98 Å². The first-order chi connectivity index (χ1) is 10.6. The van der Waals surface area contributed by atoms with Crippen LogP contribution in [0.4, 0.5) is 0 Å². The lowest BCUT2D eigenvalue weighted by molar-refractivity contribution is -0.141. The number of aryl methyl sites for hydroxylation is 1. The molecule has 1 amide bonds. The lowest BCUT2D eigenvalue weighted by Gasteiger charge is -2.31. The number of nitrogens with zero attached hydrogens (tertiary/aromatic N) is 3. The number of fused-ring (bicyclic) bond motifs is 1. The predicted octanol–water partition coefficient (Wildman–Crippen LogP) is 1.72. The van der Waals surface area contributed by atoms with Crippen LogP contribution in [0.15, 0.2) is 23.8 Å². The van der Waals surface area contributed by atoms with Crippen LogP contribution in [0, 0.1) is 0 Å². The number of carbonyl (C=O) groups is 2. The number of thiophene rings is 1. The molecule has 6 nitrogen and oxygen atoms in total. The van der Waals surface area contributed by atoms with Crippen molar-refractivity contribution >= 4 is 23.2 Å². The summed E-state index contributed by atoms with van der Waals surface area (Å²) in [6, 6.07) is 3.82. The largest absolute Gasteiger partial charge is 0.481 e. The molecule has 1 aliphatic heterocycles. The van der Waals surface area contributed by atoms with E-state index in [1.807, 2.05) is 29.0 Å². The molecule has 3 rings (SSSR count). The summed E-state index contributed by atoms with van der Waals surface area (Å²) in [6.45, 7) is 3.22. The molecule has 0 spiro atoms. The first-order valence-corrected chi connectivity index (χ1v) is 8.05. The number of aliphatic carboxylic acids is 1. The molecule has 116 valence electrons. The summed E-state index contributed by atoms with van der Waals surface area (Å²) in [6.07, 6.45) is 1.97. The van der Waals surface area contributed by atoms with Crippen LogP contribution in [-0.4, -0.2) is 38.0 Å². The average molecular weight is 319 g/mol. The summed E-state index contributed by atoms with van der Waals surface area (Å²) in [5.41, 5.74) is 1.43. The van der Waals surface area contributed by atoms with Gasteiger partial charge in [-0.15, -0.1) is 11.3 Å². The van der Waals surface area contributed by atoms with Crippen LogP contribution in [0.2, 0.25) is 0 Å². The van der Waals surface area contributed by atoms with Gasteiger partial charge in [0.1, 0.15) is 5.92 Å². The minimum absolute atomic E-state index is 0.0506. The number of hydrogen-bond donors (Lipinski definition) is 1. The van der Waals surface area contributed by atoms with Crippen LogP contribution in [0.5, 0.6) is 0 Å². The van der Waals surface area contributed by atoms with Gasteiger partial charge in [-0.2, -0.15) is 0 Å². The van der Waals surface area contributed by atoms with Gasteiger partial charge >= 0.3 is 5.97 Å². The second kappa shape index (κ2) is 5.92. The van der Waals surface area contributed by atoms with Crippen molar-refractivity contribution in [2.24, 2.45) is 0 Å². The predicted molar refractivity (Wildman–Crippen MR) is 81.7 cm³/mol. The van der Waals surface area contributed by atoms with E-state index in [1.165, 1.54) is 11.3 Å². The maximum absolute atomic E-state index is 12.4. The molecule has 0 saturated carbocycles. The van der Waals surface area contributed by atoms with E-state index in [2.05, 4.69) is 4.98 Å². The molecule has 22 heavy (non-hydrogen) atoms. The molecule has 0 fully saturated rings. The molecule has 1 unspecified atom stereocenters. The van der Waals surface area contributed by atoms with Crippen LogP contribution in [0.3, 0.4) is 0 Å². The Morgan fingerprint density at radius 3 is 2.95 bits per heavy atom. The minimum Gasteiger partial charge on any atom is -0.481 e. The Labute approximate surface area is 132 Å². The van der Waals surface area contributed by atoms with Crippen molar-refractivity contribution in [1.29, 1.82) is 0 Å². The van der Waals surface area contributed by atoms with Gasteiger partial charge < -0.3 is 14.6 Å². The Kier molecular flexibility index (Phi) is 3.98. The third kappa shape index (κ3) is 2.64. The molecule has 0 saturated heterocycles. The van der Waals surface area contributed by atoms with Crippen molar-refractivity contribution in [3.8, 4) is 0 Å². The van der Waals surface area contributed by atoms with Gasteiger partial charge in [0.2, 0.25) is 5.91 Å². The molecule has 2 aromatic heterocycles. The van der Waals surface area contributed by atoms with E-state index in [1.54, 1.807) is 11.2 Å². The molecular formula is C15H17N3O3S. The smallest absolute Gasteiger partial charge is 0.314 e. The minimum atomic E-state index is -0.912. The fraction of sp³-hybridized carbons (Fsp3) is 0.400. The summed E-state index contributed by atoms with van der Waals surface area (Å²) < 4.78 is 1.86. The lowest BCUT2D eigenvalue weighted by atomic mass is 9.98. The molecule has 7 heteroatoms. The van der Waals surface area contributed by atoms with Crippen molar-refractivity contribution in [3.05, 3.63) is 40.1 Å². The molecule has 1 N–H and O–H groups in total. The van der Waals surface area contributed by atoms with Crippen LogP contribution in [0.25, 0.3) is 0 Å². The Morgan fingerprint density at radius 1 is 1.50 bits per heavy atom. The van der Waals surface area contributed by atoms with E-state index in [0.29, 0.717) is 25.2 Å². The van der Waals surface area contributed by atoms with Gasteiger partial charge in [0.15, 0.2) is 0 Å². The fourth-order valence-corrected chi connectivity index (χ4v) is 3.52. The number of imidazole rings is 1. The molecule has 2 aromatic rings. The standard InChI is InChI=1S/C15H17N3O3S/c1-2-17-9-16-12-8-18(7-11(14(12)17)15(20)21)13(19)6-10-4-3-5-22-10/h3-5,9,11H,2,6-8H2,1H3,(H,20,21). The van der Waals surface area contributed by atoms with Gasteiger partial charge in [-0.05, 0) is 18.4 Å².